The van der Waals surface area contributed by atoms with Crippen molar-refractivity contribution in [2.24, 2.45) is 0 Å². The van der Waals surface area contributed by atoms with Crippen LogP contribution in [0, 0.1) is 0 Å². The summed E-state index contributed by atoms with van der Waals surface area (Å²) in [5.41, 5.74) is -1.46. The van der Waals surface area contributed by atoms with Gasteiger partial charge in [0.1, 0.15) is 6.67 Å². The highest BCUT2D eigenvalue weighted by Crippen LogP contribution is 2.13. The average Bonchev–Trinajstić information content (AvgIpc) is 2.09. The van der Waals surface area contributed by atoms with Crippen LogP contribution in [0.5, 0.6) is 0 Å². The normalized spacial score (nSPS) is 31.8. The molecule has 0 spiro atoms. The fraction of sp³-hybridized carbons (Fsp3) is 0.600. The van der Waals surface area contributed by atoms with Gasteiger partial charge in [0.15, 0.2) is 5.54 Å². The Bertz CT molecular complexity index is 193. The van der Waals surface area contributed by atoms with E-state index in [4.69, 9.17) is 0 Å². The minimum Gasteiger partial charge on any atom is -0.374 e. The molecule has 5 heteroatoms. The van der Waals surface area contributed by atoms with E-state index in [-0.39, 0.29) is 0 Å². The number of amides is 1. The molecule has 0 aliphatic carbocycles. The van der Waals surface area contributed by atoms with Gasteiger partial charge in [0.2, 0.25) is 0 Å². The lowest BCUT2D eigenvalue weighted by atomic mass is 10.1. The maximum atomic E-state index is 12.0. The molecule has 1 atom stereocenters. The van der Waals surface area contributed by atoms with Crippen LogP contribution >= 0.6 is 0 Å². The van der Waals surface area contributed by atoms with Crippen molar-refractivity contribution in [1.29, 1.82) is 0 Å². The molecule has 0 saturated carbocycles. The molecule has 1 aliphatic rings. The average molecular weight is 147 g/mol. The third kappa shape index (κ3) is 0.832. The van der Waals surface area contributed by atoms with Gasteiger partial charge in [-0.15, -0.1) is 0 Å². The summed E-state index contributed by atoms with van der Waals surface area (Å²) in [6, 6.07) is 0. The van der Waals surface area contributed by atoms with E-state index in [2.05, 4.69) is 4.74 Å². The predicted octanol–water partition coefficient (Wildman–Crippen LogP) is -0.0190. The van der Waals surface area contributed by atoms with E-state index >= 15 is 0 Å². The summed E-state index contributed by atoms with van der Waals surface area (Å²) in [6.07, 6.45) is -0.884. The number of halogens is 1. The smallest absolute Gasteiger partial charge is 0.374 e. The molecule has 56 valence electrons. The first-order valence-electron chi connectivity index (χ1n) is 2.69. The number of carbonyl (C=O) groups excluding carboxylic acids is 2. The van der Waals surface area contributed by atoms with E-state index in [1.165, 1.54) is 6.92 Å². The van der Waals surface area contributed by atoms with Crippen LogP contribution in [0.4, 0.5) is 9.18 Å². The molecule has 0 aromatic rings. The number of alkyl carbamates (subject to hydrolysis) is 1. The topological polar surface area (TPSA) is 55.4 Å². The van der Waals surface area contributed by atoms with Gasteiger partial charge in [0.25, 0.3) is 0 Å². The Morgan fingerprint density at radius 3 is 2.50 bits per heavy atom. The number of rotatable bonds is 1. The van der Waals surface area contributed by atoms with E-state index < -0.39 is 24.3 Å². The van der Waals surface area contributed by atoms with Crippen LogP contribution in [-0.2, 0) is 9.53 Å². The van der Waals surface area contributed by atoms with Crippen molar-refractivity contribution in [3.05, 3.63) is 0 Å². The zero-order chi connectivity index (χ0) is 7.78. The second-order valence-electron chi connectivity index (χ2n) is 2.27. The number of hydrogen-bond donors (Lipinski definition) is 1. The lowest BCUT2D eigenvalue weighted by Gasteiger charge is -2.11. The summed E-state index contributed by atoms with van der Waals surface area (Å²) < 4.78 is 16.0. The molecule has 1 fully saturated rings. The number of ether oxygens (including phenoxy) is 1. The first-order valence-corrected chi connectivity index (χ1v) is 2.69. The third-order valence-electron chi connectivity index (χ3n) is 1.28. The van der Waals surface area contributed by atoms with Gasteiger partial charge < -0.3 is 10.1 Å². The van der Waals surface area contributed by atoms with Gasteiger partial charge >= 0.3 is 12.1 Å². The Kier molecular flexibility index (Phi) is 1.35. The van der Waals surface area contributed by atoms with Gasteiger partial charge in [-0.05, 0) is 6.92 Å². The van der Waals surface area contributed by atoms with Crippen molar-refractivity contribution in [2.75, 3.05) is 6.67 Å². The minimum atomic E-state index is -1.46. The summed E-state index contributed by atoms with van der Waals surface area (Å²) in [7, 11) is 0. The molecule has 0 aromatic heterocycles. The fourth-order valence-corrected chi connectivity index (χ4v) is 0.587. The summed E-state index contributed by atoms with van der Waals surface area (Å²) in [5, 5.41) is 2.04. The van der Waals surface area contributed by atoms with Crippen molar-refractivity contribution >= 4 is 12.1 Å². The van der Waals surface area contributed by atoms with Gasteiger partial charge in [-0.2, -0.15) is 0 Å². The Morgan fingerprint density at radius 2 is 2.30 bits per heavy atom. The number of hydrogen-bond acceptors (Lipinski definition) is 3. The van der Waals surface area contributed by atoms with Gasteiger partial charge in [0.05, 0.1) is 0 Å². The van der Waals surface area contributed by atoms with Gasteiger partial charge in [-0.25, -0.2) is 14.0 Å². The van der Waals surface area contributed by atoms with Crippen LogP contribution < -0.4 is 5.32 Å². The first-order chi connectivity index (χ1) is 4.58. The van der Waals surface area contributed by atoms with Gasteiger partial charge in [0, 0.05) is 0 Å². The Hall–Kier alpha value is -1.13. The molecule has 1 saturated heterocycles. The quantitative estimate of drug-likeness (QED) is 0.419. The van der Waals surface area contributed by atoms with Crippen molar-refractivity contribution < 1.29 is 18.7 Å². The monoisotopic (exact) mass is 147 g/mol. The lowest BCUT2D eigenvalue weighted by molar-refractivity contribution is -0.139. The second-order valence-corrected chi connectivity index (χ2v) is 2.27. The van der Waals surface area contributed by atoms with Crippen LogP contribution in [0.1, 0.15) is 6.92 Å². The molecule has 1 N–H and O–H groups in total. The van der Waals surface area contributed by atoms with Crippen molar-refractivity contribution in [3.8, 4) is 0 Å². The van der Waals surface area contributed by atoms with E-state index in [1.807, 2.05) is 5.32 Å². The molecule has 1 aliphatic heterocycles. The number of esters is 1. The minimum absolute atomic E-state index is 0.861. The Balaban J connectivity index is 2.80. The van der Waals surface area contributed by atoms with Crippen LogP contribution in [0.15, 0.2) is 0 Å². The summed E-state index contributed by atoms with van der Waals surface area (Å²) >= 11 is 0. The molecular weight excluding hydrogens is 141 g/mol. The van der Waals surface area contributed by atoms with Crippen LogP contribution in [0.2, 0.25) is 0 Å². The van der Waals surface area contributed by atoms with Gasteiger partial charge in [-0.1, -0.05) is 0 Å². The first kappa shape index (κ1) is 6.98. The number of cyclic esters (lactones) is 2. The highest BCUT2D eigenvalue weighted by Gasteiger charge is 2.44. The number of carbonyl (C=O) groups is 2. The number of nitrogens with one attached hydrogen (secondary N) is 1. The Labute approximate surface area is 56.3 Å². The highest BCUT2D eigenvalue weighted by atomic mass is 19.1. The molecule has 1 heterocycles. The van der Waals surface area contributed by atoms with Crippen molar-refractivity contribution in [1.82, 2.24) is 5.32 Å². The van der Waals surface area contributed by atoms with E-state index in [1.54, 1.807) is 0 Å². The summed E-state index contributed by atoms with van der Waals surface area (Å²) in [5.74, 6) is -0.861. The van der Waals surface area contributed by atoms with Gasteiger partial charge in [-0.3, -0.25) is 0 Å². The number of alkyl halides is 1. The molecule has 0 radical (unpaired) electrons. The van der Waals surface area contributed by atoms with Crippen molar-refractivity contribution in [2.45, 2.75) is 12.5 Å². The summed E-state index contributed by atoms with van der Waals surface area (Å²) in [6.45, 7) is 0.317. The second kappa shape index (κ2) is 1.93. The standard InChI is InChI=1S/C5H6FNO3/c1-5(2-6)3(8)10-4(9)7-5/h2H2,1H3,(H,7,9). The molecule has 1 unspecified atom stereocenters. The fourth-order valence-electron chi connectivity index (χ4n) is 0.587. The SMILES string of the molecule is CC1(CF)NC(=O)OC1=O. The van der Waals surface area contributed by atoms with Crippen molar-refractivity contribution in [3.63, 3.8) is 0 Å². The molecule has 10 heavy (non-hydrogen) atoms. The van der Waals surface area contributed by atoms with Crippen LogP contribution in [0.25, 0.3) is 0 Å². The zero-order valence-electron chi connectivity index (χ0n) is 5.31. The maximum Gasteiger partial charge on any atom is 0.415 e. The zero-order valence-corrected chi connectivity index (χ0v) is 5.31. The largest absolute Gasteiger partial charge is 0.415 e. The highest BCUT2D eigenvalue weighted by molar-refractivity contribution is 5.98. The molecule has 0 bridgehead atoms. The molecule has 4 nitrogen and oxygen atoms in total. The molecular formula is C5H6FNO3. The summed E-state index contributed by atoms with van der Waals surface area (Å²) in [4.78, 5) is 20.9. The lowest BCUT2D eigenvalue weighted by Crippen LogP contribution is -2.45. The molecule has 1 amide bonds. The van der Waals surface area contributed by atoms with E-state index in [0.29, 0.717) is 0 Å². The van der Waals surface area contributed by atoms with E-state index in [0.717, 1.165) is 0 Å². The molecule has 0 aromatic carbocycles. The molecule has 1 rings (SSSR count). The maximum absolute atomic E-state index is 12.0. The van der Waals surface area contributed by atoms with E-state index in [9.17, 15) is 14.0 Å². The Morgan fingerprint density at radius 1 is 1.70 bits per heavy atom. The van der Waals surface area contributed by atoms with Crippen LogP contribution in [-0.4, -0.2) is 24.3 Å². The van der Waals surface area contributed by atoms with Crippen LogP contribution in [0.3, 0.4) is 0 Å². The third-order valence-corrected chi connectivity index (χ3v) is 1.28. The predicted molar refractivity (Wildman–Crippen MR) is 29.0 cm³/mol.